The molecule has 1 N–H and O–H groups in total. The van der Waals surface area contributed by atoms with Crippen molar-refractivity contribution in [2.75, 3.05) is 0 Å². The Labute approximate surface area is 81.3 Å². The van der Waals surface area contributed by atoms with E-state index in [9.17, 15) is 4.79 Å². The van der Waals surface area contributed by atoms with Crippen LogP contribution in [0.1, 0.15) is 47.0 Å². The van der Waals surface area contributed by atoms with E-state index < -0.39 is 5.97 Å². The Morgan fingerprint density at radius 1 is 1.15 bits per heavy atom. The van der Waals surface area contributed by atoms with Crippen molar-refractivity contribution < 1.29 is 9.90 Å². The first-order valence-corrected chi connectivity index (χ1v) is 5.25. The second kappa shape index (κ2) is 6.01. The lowest BCUT2D eigenvalue weighted by Crippen LogP contribution is -2.19. The van der Waals surface area contributed by atoms with Gasteiger partial charge in [0, 0.05) is 0 Å². The molecule has 0 aliphatic heterocycles. The summed E-state index contributed by atoms with van der Waals surface area (Å²) in [6, 6.07) is 0. The molecular weight excluding hydrogens is 164 g/mol. The number of carbonyl (C=O) groups is 1. The van der Waals surface area contributed by atoms with Gasteiger partial charge in [-0.25, -0.2) is 0 Å². The molecule has 3 atom stereocenters. The third-order valence-corrected chi connectivity index (χ3v) is 3.11. The zero-order valence-electron chi connectivity index (χ0n) is 9.21. The van der Waals surface area contributed by atoms with Gasteiger partial charge in [-0.3, -0.25) is 4.79 Å². The van der Waals surface area contributed by atoms with Crippen molar-refractivity contribution in [2.45, 2.75) is 47.0 Å². The average Bonchev–Trinajstić information content (AvgIpc) is 2.11. The van der Waals surface area contributed by atoms with Gasteiger partial charge in [0.15, 0.2) is 0 Å². The minimum Gasteiger partial charge on any atom is -0.481 e. The Balaban J connectivity index is 4.00. The van der Waals surface area contributed by atoms with E-state index in [0.29, 0.717) is 11.8 Å². The summed E-state index contributed by atoms with van der Waals surface area (Å²) in [5.74, 6) is 0.362. The van der Waals surface area contributed by atoms with Gasteiger partial charge in [-0.05, 0) is 24.7 Å². The normalized spacial score (nSPS) is 17.8. The number of carboxylic acid groups (broad SMARTS) is 1. The van der Waals surface area contributed by atoms with Crippen molar-refractivity contribution in [3.8, 4) is 0 Å². The average molecular weight is 186 g/mol. The molecule has 2 heteroatoms. The number of hydrogen-bond acceptors (Lipinski definition) is 1. The molecule has 0 rings (SSSR count). The second-order valence-corrected chi connectivity index (χ2v) is 4.04. The molecular formula is C11H22O2. The third-order valence-electron chi connectivity index (χ3n) is 3.11. The molecule has 0 aromatic rings. The molecule has 78 valence electrons. The maximum absolute atomic E-state index is 10.8. The van der Waals surface area contributed by atoms with Gasteiger partial charge in [-0.15, -0.1) is 0 Å². The van der Waals surface area contributed by atoms with Crippen LogP contribution in [-0.4, -0.2) is 11.1 Å². The van der Waals surface area contributed by atoms with E-state index in [2.05, 4.69) is 20.8 Å². The number of aliphatic carboxylic acids is 1. The standard InChI is InChI=1S/C11H22O2/c1-5-8(3)9(4)7-10(6-2)11(12)13/h8-10H,5-7H2,1-4H3,(H,12,13). The fourth-order valence-electron chi connectivity index (χ4n) is 1.53. The Morgan fingerprint density at radius 3 is 2.00 bits per heavy atom. The van der Waals surface area contributed by atoms with Gasteiger partial charge in [0.1, 0.15) is 0 Å². The third kappa shape index (κ3) is 4.30. The second-order valence-electron chi connectivity index (χ2n) is 4.04. The maximum atomic E-state index is 10.8. The van der Waals surface area contributed by atoms with Crippen LogP contribution in [0.2, 0.25) is 0 Å². The molecule has 13 heavy (non-hydrogen) atoms. The quantitative estimate of drug-likeness (QED) is 0.691. The van der Waals surface area contributed by atoms with E-state index in [1.807, 2.05) is 6.92 Å². The van der Waals surface area contributed by atoms with E-state index in [1.54, 1.807) is 0 Å². The van der Waals surface area contributed by atoms with Gasteiger partial charge in [-0.2, -0.15) is 0 Å². The summed E-state index contributed by atoms with van der Waals surface area (Å²) >= 11 is 0. The molecule has 0 radical (unpaired) electrons. The highest BCUT2D eigenvalue weighted by molar-refractivity contribution is 5.69. The van der Waals surface area contributed by atoms with Crippen molar-refractivity contribution >= 4 is 5.97 Å². The summed E-state index contributed by atoms with van der Waals surface area (Å²) in [6.07, 6.45) is 2.70. The highest BCUT2D eigenvalue weighted by Crippen LogP contribution is 2.24. The molecule has 3 unspecified atom stereocenters. The van der Waals surface area contributed by atoms with E-state index in [1.165, 1.54) is 0 Å². The van der Waals surface area contributed by atoms with Crippen molar-refractivity contribution in [2.24, 2.45) is 17.8 Å². The van der Waals surface area contributed by atoms with Crippen LogP contribution >= 0.6 is 0 Å². The molecule has 0 aromatic heterocycles. The molecule has 0 amide bonds. The molecule has 0 heterocycles. The molecule has 2 nitrogen and oxygen atoms in total. The fourth-order valence-corrected chi connectivity index (χ4v) is 1.53. The van der Waals surface area contributed by atoms with Crippen molar-refractivity contribution in [1.82, 2.24) is 0 Å². The van der Waals surface area contributed by atoms with E-state index in [-0.39, 0.29) is 5.92 Å². The smallest absolute Gasteiger partial charge is 0.306 e. The molecule has 0 aromatic carbocycles. The Kier molecular flexibility index (Phi) is 5.76. The van der Waals surface area contributed by atoms with Crippen LogP contribution in [0.4, 0.5) is 0 Å². The molecule has 0 bridgehead atoms. The molecule has 0 aliphatic rings. The van der Waals surface area contributed by atoms with Gasteiger partial charge < -0.3 is 5.11 Å². The molecule has 0 saturated heterocycles. The zero-order chi connectivity index (χ0) is 10.4. The fraction of sp³-hybridized carbons (Fsp3) is 0.909. The Bertz CT molecular complexity index is 154. The van der Waals surface area contributed by atoms with Crippen LogP contribution in [-0.2, 0) is 4.79 Å². The van der Waals surface area contributed by atoms with Crippen molar-refractivity contribution in [3.63, 3.8) is 0 Å². The summed E-state index contributed by atoms with van der Waals surface area (Å²) < 4.78 is 0. The number of rotatable bonds is 6. The minimum atomic E-state index is -0.641. The maximum Gasteiger partial charge on any atom is 0.306 e. The highest BCUT2D eigenvalue weighted by atomic mass is 16.4. The highest BCUT2D eigenvalue weighted by Gasteiger charge is 2.20. The van der Waals surface area contributed by atoms with Crippen LogP contribution in [0.5, 0.6) is 0 Å². The van der Waals surface area contributed by atoms with Crippen LogP contribution in [0.15, 0.2) is 0 Å². The summed E-state index contributed by atoms with van der Waals surface area (Å²) in [6.45, 7) is 8.45. The van der Waals surface area contributed by atoms with Gasteiger partial charge in [0.25, 0.3) is 0 Å². The summed E-state index contributed by atoms with van der Waals surface area (Å²) in [4.78, 5) is 10.8. The lowest BCUT2D eigenvalue weighted by atomic mass is 9.84. The SMILES string of the molecule is CCC(CC(C)C(C)CC)C(=O)O. The topological polar surface area (TPSA) is 37.3 Å². The van der Waals surface area contributed by atoms with Gasteiger partial charge >= 0.3 is 5.97 Å². The van der Waals surface area contributed by atoms with E-state index in [0.717, 1.165) is 19.3 Å². The Hall–Kier alpha value is -0.530. The summed E-state index contributed by atoms with van der Waals surface area (Å²) in [5, 5.41) is 8.88. The van der Waals surface area contributed by atoms with Crippen LogP contribution in [0.3, 0.4) is 0 Å². The lowest BCUT2D eigenvalue weighted by molar-refractivity contribution is -0.142. The van der Waals surface area contributed by atoms with E-state index >= 15 is 0 Å². The molecule has 0 aliphatic carbocycles. The molecule has 0 saturated carbocycles. The van der Waals surface area contributed by atoms with Crippen molar-refractivity contribution in [1.29, 1.82) is 0 Å². The van der Waals surface area contributed by atoms with Gasteiger partial charge in [0.2, 0.25) is 0 Å². The summed E-state index contributed by atoms with van der Waals surface area (Å²) in [5.41, 5.74) is 0. The predicted molar refractivity (Wildman–Crippen MR) is 54.7 cm³/mol. The number of hydrogen-bond donors (Lipinski definition) is 1. The minimum absolute atomic E-state index is 0.149. The predicted octanol–water partition coefficient (Wildman–Crippen LogP) is 3.17. The Morgan fingerprint density at radius 2 is 1.69 bits per heavy atom. The monoisotopic (exact) mass is 186 g/mol. The van der Waals surface area contributed by atoms with Gasteiger partial charge in [-0.1, -0.05) is 34.1 Å². The molecule has 0 fully saturated rings. The van der Waals surface area contributed by atoms with E-state index in [4.69, 9.17) is 5.11 Å². The lowest BCUT2D eigenvalue weighted by Gasteiger charge is -2.21. The first kappa shape index (κ1) is 12.5. The van der Waals surface area contributed by atoms with Crippen LogP contribution < -0.4 is 0 Å². The number of carboxylic acids is 1. The first-order chi connectivity index (χ1) is 6.02. The first-order valence-electron chi connectivity index (χ1n) is 5.25. The van der Waals surface area contributed by atoms with Gasteiger partial charge in [0.05, 0.1) is 5.92 Å². The summed E-state index contributed by atoms with van der Waals surface area (Å²) in [7, 11) is 0. The van der Waals surface area contributed by atoms with Crippen LogP contribution in [0.25, 0.3) is 0 Å². The van der Waals surface area contributed by atoms with Crippen molar-refractivity contribution in [3.05, 3.63) is 0 Å². The van der Waals surface area contributed by atoms with Crippen LogP contribution in [0, 0.1) is 17.8 Å². The zero-order valence-corrected chi connectivity index (χ0v) is 9.21. The molecule has 0 spiro atoms. The largest absolute Gasteiger partial charge is 0.481 e.